The first kappa shape index (κ1) is 21.3. The summed E-state index contributed by atoms with van der Waals surface area (Å²) in [6, 6.07) is 8.58. The zero-order chi connectivity index (χ0) is 21.1. The standard InChI is InChI=1S/C21H20ClFN2O3/c1-5-13-6-7-16(19(21(2,3)4)25-20(26)27)17(23)18(13)28-15-9-12(11-24)8-14(22)10-15/h5-10,19,25H,1H2,2-4H3,(H,26,27). The molecule has 0 spiro atoms. The van der Waals surface area contributed by atoms with Crippen LogP contribution in [0.3, 0.4) is 0 Å². The molecule has 146 valence electrons. The van der Waals surface area contributed by atoms with Crippen molar-refractivity contribution in [3.05, 3.63) is 64.4 Å². The van der Waals surface area contributed by atoms with Crippen LogP contribution < -0.4 is 10.1 Å². The Balaban J connectivity index is 2.60. The Labute approximate surface area is 168 Å². The van der Waals surface area contributed by atoms with Gasteiger partial charge in [-0.2, -0.15) is 5.26 Å². The molecule has 2 rings (SSSR count). The van der Waals surface area contributed by atoms with Crippen LogP contribution in [-0.2, 0) is 0 Å². The maximum atomic E-state index is 15.4. The Kier molecular flexibility index (Phi) is 6.32. The molecule has 0 fully saturated rings. The highest BCUT2D eigenvalue weighted by atomic mass is 35.5. The van der Waals surface area contributed by atoms with Crippen molar-refractivity contribution in [1.82, 2.24) is 5.32 Å². The molecule has 0 saturated heterocycles. The number of hydrogen-bond donors (Lipinski definition) is 2. The maximum absolute atomic E-state index is 15.4. The van der Waals surface area contributed by atoms with Crippen LogP contribution in [0, 0.1) is 22.6 Å². The number of nitrogens with zero attached hydrogens (tertiary/aromatic N) is 1. The number of carbonyl (C=O) groups is 1. The lowest BCUT2D eigenvalue weighted by molar-refractivity contribution is 0.174. The van der Waals surface area contributed by atoms with E-state index in [1.54, 1.807) is 26.8 Å². The number of benzene rings is 2. The lowest BCUT2D eigenvalue weighted by atomic mass is 9.82. The van der Waals surface area contributed by atoms with Crippen molar-refractivity contribution >= 4 is 23.8 Å². The van der Waals surface area contributed by atoms with Crippen molar-refractivity contribution < 1.29 is 19.0 Å². The van der Waals surface area contributed by atoms with E-state index in [4.69, 9.17) is 26.7 Å². The van der Waals surface area contributed by atoms with E-state index in [1.807, 2.05) is 6.07 Å². The second-order valence-corrected chi connectivity index (χ2v) is 7.67. The Morgan fingerprint density at radius 3 is 2.61 bits per heavy atom. The number of nitrogens with one attached hydrogen (secondary N) is 1. The molecule has 0 aliphatic heterocycles. The van der Waals surface area contributed by atoms with Crippen LogP contribution in [0.2, 0.25) is 5.02 Å². The first-order chi connectivity index (χ1) is 13.1. The molecule has 28 heavy (non-hydrogen) atoms. The predicted octanol–water partition coefficient (Wildman–Crippen LogP) is 6.14. The Morgan fingerprint density at radius 2 is 2.07 bits per heavy atom. The zero-order valence-corrected chi connectivity index (χ0v) is 16.5. The van der Waals surface area contributed by atoms with Crippen LogP contribution in [-0.4, -0.2) is 11.2 Å². The second kappa shape index (κ2) is 8.32. The Morgan fingerprint density at radius 1 is 1.39 bits per heavy atom. The molecule has 0 bridgehead atoms. The summed E-state index contributed by atoms with van der Waals surface area (Å²) in [4.78, 5) is 11.2. The smallest absolute Gasteiger partial charge is 0.405 e. The molecule has 5 nitrogen and oxygen atoms in total. The third-order valence-electron chi connectivity index (χ3n) is 4.04. The summed E-state index contributed by atoms with van der Waals surface area (Å²) in [5.41, 5.74) is 0.177. The quantitative estimate of drug-likeness (QED) is 0.629. The third kappa shape index (κ3) is 4.81. The summed E-state index contributed by atoms with van der Waals surface area (Å²) < 4.78 is 21.1. The highest BCUT2D eigenvalue weighted by Crippen LogP contribution is 2.40. The normalized spacial score (nSPS) is 12.0. The van der Waals surface area contributed by atoms with Crippen molar-refractivity contribution in [2.45, 2.75) is 26.8 Å². The maximum Gasteiger partial charge on any atom is 0.405 e. The second-order valence-electron chi connectivity index (χ2n) is 7.23. The molecule has 0 aliphatic carbocycles. The first-order valence-electron chi connectivity index (χ1n) is 8.39. The minimum absolute atomic E-state index is 0.125. The van der Waals surface area contributed by atoms with Gasteiger partial charge in [0.05, 0.1) is 17.7 Å². The molecule has 2 N–H and O–H groups in total. The lowest BCUT2D eigenvalue weighted by Crippen LogP contribution is -2.36. The van der Waals surface area contributed by atoms with Gasteiger partial charge in [-0.05, 0) is 23.6 Å². The third-order valence-corrected chi connectivity index (χ3v) is 4.26. The highest BCUT2D eigenvalue weighted by Gasteiger charge is 2.32. The van der Waals surface area contributed by atoms with Gasteiger partial charge in [-0.15, -0.1) is 0 Å². The summed E-state index contributed by atoms with van der Waals surface area (Å²) in [7, 11) is 0. The molecule has 1 amide bonds. The van der Waals surface area contributed by atoms with Crippen LogP contribution in [0.1, 0.15) is 43.5 Å². The Bertz CT molecular complexity index is 961. The fourth-order valence-electron chi connectivity index (χ4n) is 2.76. The van der Waals surface area contributed by atoms with Crippen LogP contribution in [0.25, 0.3) is 6.08 Å². The molecule has 1 unspecified atom stereocenters. The number of halogens is 2. The number of amides is 1. The van der Waals surface area contributed by atoms with Crippen molar-refractivity contribution in [3.63, 3.8) is 0 Å². The van der Waals surface area contributed by atoms with E-state index in [9.17, 15) is 4.79 Å². The van der Waals surface area contributed by atoms with Gasteiger partial charge in [-0.3, -0.25) is 0 Å². The topological polar surface area (TPSA) is 82.3 Å². The predicted molar refractivity (Wildman–Crippen MR) is 106 cm³/mol. The van der Waals surface area contributed by atoms with Gasteiger partial charge in [0.2, 0.25) is 0 Å². The zero-order valence-electron chi connectivity index (χ0n) is 15.7. The average Bonchev–Trinajstić information content (AvgIpc) is 2.60. The number of nitriles is 1. The molecular formula is C21H20ClFN2O3. The molecule has 0 saturated carbocycles. The molecule has 2 aromatic carbocycles. The van der Waals surface area contributed by atoms with E-state index < -0.39 is 23.4 Å². The molecule has 0 aliphatic rings. The summed E-state index contributed by atoms with van der Waals surface area (Å²) in [5, 5.41) is 20.9. The SMILES string of the molecule is C=Cc1ccc(C(NC(=O)O)C(C)(C)C)c(F)c1Oc1cc(Cl)cc(C#N)c1. The fraction of sp³-hybridized carbons (Fsp3) is 0.238. The monoisotopic (exact) mass is 402 g/mol. The number of carboxylic acid groups (broad SMARTS) is 1. The molecule has 1 atom stereocenters. The summed E-state index contributed by atoms with van der Waals surface area (Å²) in [5.74, 6) is -0.661. The van der Waals surface area contributed by atoms with Gasteiger partial charge in [-0.1, -0.05) is 57.2 Å². The van der Waals surface area contributed by atoms with Gasteiger partial charge < -0.3 is 15.2 Å². The van der Waals surface area contributed by atoms with Crippen LogP contribution in [0.4, 0.5) is 9.18 Å². The van der Waals surface area contributed by atoms with E-state index >= 15 is 4.39 Å². The fourth-order valence-corrected chi connectivity index (χ4v) is 2.99. The number of hydrogen-bond acceptors (Lipinski definition) is 3. The lowest BCUT2D eigenvalue weighted by Gasteiger charge is -2.31. The minimum Gasteiger partial charge on any atom is -0.465 e. The van der Waals surface area contributed by atoms with E-state index in [-0.39, 0.29) is 27.6 Å². The molecule has 0 aromatic heterocycles. The molecule has 7 heteroatoms. The minimum atomic E-state index is -1.26. The van der Waals surface area contributed by atoms with Crippen LogP contribution >= 0.6 is 11.6 Å². The van der Waals surface area contributed by atoms with Crippen molar-refractivity contribution in [2.75, 3.05) is 0 Å². The van der Waals surface area contributed by atoms with Gasteiger partial charge in [0.15, 0.2) is 11.6 Å². The van der Waals surface area contributed by atoms with Crippen LogP contribution in [0.15, 0.2) is 36.9 Å². The van der Waals surface area contributed by atoms with E-state index in [2.05, 4.69) is 11.9 Å². The van der Waals surface area contributed by atoms with E-state index in [0.717, 1.165) is 0 Å². The van der Waals surface area contributed by atoms with Gasteiger partial charge in [-0.25, -0.2) is 9.18 Å². The molecule has 0 radical (unpaired) electrons. The number of ether oxygens (including phenoxy) is 1. The summed E-state index contributed by atoms with van der Waals surface area (Å²) >= 11 is 5.99. The summed E-state index contributed by atoms with van der Waals surface area (Å²) in [6.07, 6.45) is 0.164. The van der Waals surface area contributed by atoms with Crippen molar-refractivity contribution in [1.29, 1.82) is 5.26 Å². The Hall–Kier alpha value is -3.04. The van der Waals surface area contributed by atoms with Gasteiger partial charge in [0, 0.05) is 16.1 Å². The van der Waals surface area contributed by atoms with E-state index in [0.29, 0.717) is 5.56 Å². The highest BCUT2D eigenvalue weighted by molar-refractivity contribution is 6.30. The first-order valence-corrected chi connectivity index (χ1v) is 8.77. The van der Waals surface area contributed by atoms with Crippen molar-refractivity contribution in [3.8, 4) is 17.6 Å². The van der Waals surface area contributed by atoms with Crippen molar-refractivity contribution in [2.24, 2.45) is 5.41 Å². The number of rotatable bonds is 5. The molecular weight excluding hydrogens is 383 g/mol. The summed E-state index contributed by atoms with van der Waals surface area (Å²) in [6.45, 7) is 9.05. The average molecular weight is 403 g/mol. The molecule has 0 heterocycles. The van der Waals surface area contributed by atoms with E-state index in [1.165, 1.54) is 30.3 Å². The van der Waals surface area contributed by atoms with Crippen LogP contribution in [0.5, 0.6) is 11.5 Å². The van der Waals surface area contributed by atoms with Gasteiger partial charge >= 0.3 is 6.09 Å². The van der Waals surface area contributed by atoms with Gasteiger partial charge in [0.25, 0.3) is 0 Å². The largest absolute Gasteiger partial charge is 0.465 e. The molecule has 2 aromatic rings. The van der Waals surface area contributed by atoms with Gasteiger partial charge in [0.1, 0.15) is 5.75 Å².